The molecule has 0 aliphatic rings. The molecule has 2 aromatic carbocycles. The normalized spacial score (nSPS) is 13.0. The van der Waals surface area contributed by atoms with Gasteiger partial charge in [0.05, 0.1) is 6.10 Å². The minimum atomic E-state index is -0.866. The summed E-state index contributed by atoms with van der Waals surface area (Å²) in [4.78, 5) is 0. The minimum absolute atomic E-state index is 0.0909. The maximum atomic E-state index is 10.2. The molecule has 5 heteroatoms. The molecule has 0 aromatic heterocycles. The molecule has 0 amide bonds. The highest BCUT2D eigenvalue weighted by Gasteiger charge is 2.21. The summed E-state index contributed by atoms with van der Waals surface area (Å²) in [5.41, 5.74) is 0.996. The first-order valence-corrected chi connectivity index (χ1v) is 7.03. The molecule has 5 N–H and O–H groups in total. The molecular formula is C17H21NO4. The summed E-state index contributed by atoms with van der Waals surface area (Å²) >= 11 is 0. The molecule has 0 saturated carbocycles. The van der Waals surface area contributed by atoms with Crippen molar-refractivity contribution in [3.63, 3.8) is 0 Å². The predicted molar refractivity (Wildman–Crippen MR) is 83.9 cm³/mol. The van der Waals surface area contributed by atoms with Gasteiger partial charge in [0.1, 0.15) is 17.2 Å². The van der Waals surface area contributed by atoms with Crippen molar-refractivity contribution < 1.29 is 20.4 Å². The van der Waals surface area contributed by atoms with Crippen molar-refractivity contribution in [3.05, 3.63) is 53.6 Å². The SMILES string of the molecule is CC(C)(NCC(O)c1cc(O)cc(O)c1)c1ccc(O)cc1. The van der Waals surface area contributed by atoms with E-state index < -0.39 is 11.6 Å². The van der Waals surface area contributed by atoms with E-state index >= 15 is 0 Å². The lowest BCUT2D eigenvalue weighted by Gasteiger charge is -2.28. The zero-order chi connectivity index (χ0) is 16.3. The molecule has 0 radical (unpaired) electrons. The van der Waals surface area contributed by atoms with E-state index in [0.29, 0.717) is 5.56 Å². The van der Waals surface area contributed by atoms with Gasteiger partial charge in [0.25, 0.3) is 0 Å². The Morgan fingerprint density at radius 3 is 2.00 bits per heavy atom. The van der Waals surface area contributed by atoms with Crippen LogP contribution in [0.5, 0.6) is 17.2 Å². The molecule has 118 valence electrons. The first-order chi connectivity index (χ1) is 10.3. The van der Waals surface area contributed by atoms with Crippen molar-refractivity contribution >= 4 is 0 Å². The van der Waals surface area contributed by atoms with E-state index in [1.54, 1.807) is 12.1 Å². The van der Waals surface area contributed by atoms with Crippen LogP contribution in [0.25, 0.3) is 0 Å². The fraction of sp³-hybridized carbons (Fsp3) is 0.294. The molecular weight excluding hydrogens is 282 g/mol. The largest absolute Gasteiger partial charge is 0.508 e. The van der Waals surface area contributed by atoms with Crippen LogP contribution in [-0.4, -0.2) is 27.0 Å². The summed E-state index contributed by atoms with van der Waals surface area (Å²) in [5.74, 6) is 0.0218. The number of aliphatic hydroxyl groups is 1. The number of benzene rings is 2. The van der Waals surface area contributed by atoms with E-state index in [1.807, 2.05) is 26.0 Å². The molecule has 0 aliphatic carbocycles. The van der Waals surface area contributed by atoms with E-state index in [9.17, 15) is 20.4 Å². The highest BCUT2D eigenvalue weighted by Crippen LogP contribution is 2.26. The zero-order valence-corrected chi connectivity index (χ0v) is 12.6. The van der Waals surface area contributed by atoms with Crippen LogP contribution in [-0.2, 0) is 5.54 Å². The summed E-state index contributed by atoms with van der Waals surface area (Å²) in [6.45, 7) is 4.18. The Labute approximate surface area is 129 Å². The summed E-state index contributed by atoms with van der Waals surface area (Å²) < 4.78 is 0. The van der Waals surface area contributed by atoms with Crippen LogP contribution in [0.15, 0.2) is 42.5 Å². The number of hydrogen-bond acceptors (Lipinski definition) is 5. The van der Waals surface area contributed by atoms with E-state index in [-0.39, 0.29) is 23.8 Å². The van der Waals surface area contributed by atoms with Crippen molar-refractivity contribution in [2.24, 2.45) is 0 Å². The lowest BCUT2D eigenvalue weighted by Crippen LogP contribution is -2.39. The van der Waals surface area contributed by atoms with Gasteiger partial charge in [0.15, 0.2) is 0 Å². The maximum absolute atomic E-state index is 10.2. The van der Waals surface area contributed by atoms with Gasteiger partial charge in [-0.25, -0.2) is 0 Å². The minimum Gasteiger partial charge on any atom is -0.508 e. The number of aromatic hydroxyl groups is 3. The van der Waals surface area contributed by atoms with Gasteiger partial charge in [0.2, 0.25) is 0 Å². The van der Waals surface area contributed by atoms with Crippen LogP contribution < -0.4 is 5.32 Å². The third kappa shape index (κ3) is 3.90. The highest BCUT2D eigenvalue weighted by atomic mass is 16.3. The second-order valence-corrected chi connectivity index (χ2v) is 5.85. The molecule has 0 aliphatic heterocycles. The van der Waals surface area contributed by atoms with Crippen LogP contribution in [0.1, 0.15) is 31.1 Å². The van der Waals surface area contributed by atoms with Crippen LogP contribution in [0, 0.1) is 0 Å². The van der Waals surface area contributed by atoms with E-state index in [4.69, 9.17) is 0 Å². The van der Waals surface area contributed by atoms with Crippen LogP contribution in [0.4, 0.5) is 0 Å². The quantitative estimate of drug-likeness (QED) is 0.585. The zero-order valence-electron chi connectivity index (χ0n) is 12.6. The van der Waals surface area contributed by atoms with Gasteiger partial charge in [-0.05, 0) is 49.2 Å². The molecule has 2 aromatic rings. The Kier molecular flexibility index (Phi) is 4.59. The standard InChI is InChI=1S/C17H21NO4/c1-17(2,12-3-5-13(19)6-4-12)18-10-16(22)11-7-14(20)9-15(21)8-11/h3-9,16,18-22H,10H2,1-2H3. The van der Waals surface area contributed by atoms with Gasteiger partial charge >= 0.3 is 0 Å². The summed E-state index contributed by atoms with van der Waals surface area (Å²) in [7, 11) is 0. The molecule has 2 rings (SSSR count). The van der Waals surface area contributed by atoms with Gasteiger partial charge in [-0.2, -0.15) is 0 Å². The van der Waals surface area contributed by atoms with E-state index in [0.717, 1.165) is 5.56 Å². The predicted octanol–water partition coefficient (Wildman–Crippen LogP) is 2.36. The topological polar surface area (TPSA) is 93.0 Å². The van der Waals surface area contributed by atoms with Crippen molar-refractivity contribution in [1.82, 2.24) is 5.32 Å². The van der Waals surface area contributed by atoms with Crippen molar-refractivity contribution in [3.8, 4) is 17.2 Å². The molecule has 22 heavy (non-hydrogen) atoms. The van der Waals surface area contributed by atoms with Crippen molar-refractivity contribution in [1.29, 1.82) is 0 Å². The second-order valence-electron chi connectivity index (χ2n) is 5.85. The third-order valence-corrected chi connectivity index (χ3v) is 3.64. The fourth-order valence-electron chi connectivity index (χ4n) is 2.26. The van der Waals surface area contributed by atoms with E-state index in [2.05, 4.69) is 5.32 Å². The molecule has 0 bridgehead atoms. The highest BCUT2D eigenvalue weighted by molar-refractivity contribution is 5.38. The Balaban J connectivity index is 2.06. The average Bonchev–Trinajstić information content (AvgIpc) is 2.44. The molecule has 1 unspecified atom stereocenters. The molecule has 0 saturated heterocycles. The first kappa shape index (κ1) is 16.1. The first-order valence-electron chi connectivity index (χ1n) is 7.03. The molecule has 5 nitrogen and oxygen atoms in total. The maximum Gasteiger partial charge on any atom is 0.119 e. The molecule has 0 heterocycles. The number of aliphatic hydroxyl groups excluding tert-OH is 1. The Morgan fingerprint density at radius 1 is 0.909 bits per heavy atom. The molecule has 0 fully saturated rings. The number of nitrogens with one attached hydrogen (secondary N) is 1. The molecule has 0 spiro atoms. The average molecular weight is 303 g/mol. The monoisotopic (exact) mass is 303 g/mol. The van der Waals surface area contributed by atoms with Crippen molar-refractivity contribution in [2.75, 3.05) is 6.54 Å². The van der Waals surface area contributed by atoms with Gasteiger partial charge < -0.3 is 25.7 Å². The van der Waals surface area contributed by atoms with Crippen LogP contribution >= 0.6 is 0 Å². The van der Waals surface area contributed by atoms with Crippen molar-refractivity contribution in [2.45, 2.75) is 25.5 Å². The number of rotatable bonds is 5. The number of phenols is 3. The van der Waals surface area contributed by atoms with Gasteiger partial charge in [-0.15, -0.1) is 0 Å². The third-order valence-electron chi connectivity index (χ3n) is 3.64. The Hall–Kier alpha value is -2.24. The summed E-state index contributed by atoms with van der Waals surface area (Å²) in [6, 6.07) is 10.9. The second kappa shape index (κ2) is 6.25. The lowest BCUT2D eigenvalue weighted by molar-refractivity contribution is 0.160. The van der Waals surface area contributed by atoms with Gasteiger partial charge in [-0.1, -0.05) is 12.1 Å². The number of hydrogen-bond donors (Lipinski definition) is 5. The van der Waals surface area contributed by atoms with Crippen LogP contribution in [0.2, 0.25) is 0 Å². The van der Waals surface area contributed by atoms with Crippen LogP contribution in [0.3, 0.4) is 0 Å². The fourth-order valence-corrected chi connectivity index (χ4v) is 2.26. The summed E-state index contributed by atoms with van der Waals surface area (Å²) in [6.07, 6.45) is -0.866. The smallest absolute Gasteiger partial charge is 0.119 e. The Morgan fingerprint density at radius 2 is 1.45 bits per heavy atom. The Bertz CT molecular complexity index is 617. The van der Waals surface area contributed by atoms with Gasteiger partial charge in [0, 0.05) is 18.2 Å². The van der Waals surface area contributed by atoms with E-state index in [1.165, 1.54) is 18.2 Å². The number of phenolic OH excluding ortho intramolecular Hbond substituents is 3. The molecule has 1 atom stereocenters. The van der Waals surface area contributed by atoms with Gasteiger partial charge in [-0.3, -0.25) is 0 Å². The lowest BCUT2D eigenvalue weighted by atomic mass is 9.93. The summed E-state index contributed by atoms with van der Waals surface area (Å²) in [5, 5.41) is 41.7.